The van der Waals surface area contributed by atoms with Crippen LogP contribution in [0.2, 0.25) is 0 Å². The van der Waals surface area contributed by atoms with Crippen molar-refractivity contribution in [2.45, 2.75) is 6.92 Å². The molecule has 0 saturated carbocycles. The third-order valence-corrected chi connectivity index (χ3v) is 3.31. The van der Waals surface area contributed by atoms with E-state index in [2.05, 4.69) is 26.5 Å². The average Bonchev–Trinajstić information content (AvgIpc) is 2.50. The highest BCUT2D eigenvalue weighted by molar-refractivity contribution is 9.10. The first kappa shape index (κ1) is 16.0. The Labute approximate surface area is 136 Å². The molecular formula is C16H15BrN2O3. The second kappa shape index (κ2) is 7.61. The van der Waals surface area contributed by atoms with Crippen LogP contribution in [-0.2, 0) is 0 Å². The van der Waals surface area contributed by atoms with E-state index in [0.717, 1.165) is 10.0 Å². The smallest absolute Gasteiger partial charge is 0.337 e. The fourth-order valence-electron chi connectivity index (χ4n) is 1.85. The van der Waals surface area contributed by atoms with Crippen molar-refractivity contribution in [3.05, 3.63) is 58.1 Å². The van der Waals surface area contributed by atoms with E-state index in [9.17, 15) is 4.79 Å². The molecule has 6 heteroatoms. The number of carboxylic acids is 1. The second-order valence-corrected chi connectivity index (χ2v) is 5.25. The summed E-state index contributed by atoms with van der Waals surface area (Å²) in [6, 6.07) is 12.2. The molecule has 0 radical (unpaired) electrons. The molecule has 0 amide bonds. The van der Waals surface area contributed by atoms with Crippen molar-refractivity contribution in [3.8, 4) is 5.75 Å². The van der Waals surface area contributed by atoms with Gasteiger partial charge in [-0.25, -0.2) is 4.79 Å². The molecule has 0 unspecified atom stereocenters. The van der Waals surface area contributed by atoms with Crippen molar-refractivity contribution >= 4 is 33.8 Å². The quantitative estimate of drug-likeness (QED) is 0.601. The third kappa shape index (κ3) is 4.08. The van der Waals surface area contributed by atoms with Crippen LogP contribution in [0.15, 0.2) is 52.0 Å². The maximum absolute atomic E-state index is 11.1. The Bertz CT molecular complexity index is 702. The van der Waals surface area contributed by atoms with Gasteiger partial charge in [0.15, 0.2) is 0 Å². The molecule has 0 aliphatic heterocycles. The summed E-state index contributed by atoms with van der Waals surface area (Å²) in [5.41, 5.74) is 4.13. The summed E-state index contributed by atoms with van der Waals surface area (Å²) in [4.78, 5) is 11.1. The van der Waals surface area contributed by atoms with Crippen LogP contribution in [-0.4, -0.2) is 23.9 Å². The fraction of sp³-hybridized carbons (Fsp3) is 0.125. The van der Waals surface area contributed by atoms with Crippen molar-refractivity contribution in [3.63, 3.8) is 0 Å². The number of aromatic carboxylic acids is 1. The van der Waals surface area contributed by atoms with Gasteiger partial charge in [0.25, 0.3) is 0 Å². The molecule has 2 rings (SSSR count). The van der Waals surface area contributed by atoms with Gasteiger partial charge in [-0.1, -0.05) is 28.1 Å². The molecule has 5 nitrogen and oxygen atoms in total. The van der Waals surface area contributed by atoms with E-state index in [1.165, 1.54) is 6.07 Å². The monoisotopic (exact) mass is 362 g/mol. The molecule has 22 heavy (non-hydrogen) atoms. The number of carbonyl (C=O) groups is 1. The Morgan fingerprint density at radius 2 is 2.14 bits per heavy atom. The predicted octanol–water partition coefficient (Wildman–Crippen LogP) is 3.99. The first-order valence-electron chi connectivity index (χ1n) is 6.65. The molecule has 0 saturated heterocycles. The summed E-state index contributed by atoms with van der Waals surface area (Å²) in [5.74, 6) is -0.293. The van der Waals surface area contributed by atoms with Gasteiger partial charge < -0.3 is 9.84 Å². The molecule has 0 aliphatic carbocycles. The molecule has 0 aliphatic rings. The highest BCUT2D eigenvalue weighted by atomic mass is 79.9. The van der Waals surface area contributed by atoms with Crippen molar-refractivity contribution < 1.29 is 14.6 Å². The van der Waals surface area contributed by atoms with Gasteiger partial charge in [0.05, 0.1) is 24.1 Å². The third-order valence-electron chi connectivity index (χ3n) is 2.82. The number of hydrazone groups is 1. The Kier molecular flexibility index (Phi) is 5.55. The lowest BCUT2D eigenvalue weighted by Crippen LogP contribution is -2.02. The van der Waals surface area contributed by atoms with Gasteiger partial charge in [0.2, 0.25) is 0 Å². The Balaban J connectivity index is 2.20. The van der Waals surface area contributed by atoms with Crippen LogP contribution < -0.4 is 10.2 Å². The molecule has 2 aromatic rings. The minimum absolute atomic E-state index is 0.166. The molecule has 0 fully saturated rings. The van der Waals surface area contributed by atoms with Crippen LogP contribution >= 0.6 is 15.9 Å². The Hall–Kier alpha value is -2.34. The maximum atomic E-state index is 11.1. The number of nitrogens with one attached hydrogen (secondary N) is 1. The number of benzene rings is 2. The summed E-state index contributed by atoms with van der Waals surface area (Å²) in [5, 5.41) is 13.2. The van der Waals surface area contributed by atoms with E-state index in [1.54, 1.807) is 24.4 Å². The zero-order valence-electron chi connectivity index (χ0n) is 11.9. The topological polar surface area (TPSA) is 70.9 Å². The number of rotatable bonds is 6. The average molecular weight is 363 g/mol. The highest BCUT2D eigenvalue weighted by Crippen LogP contribution is 2.22. The number of hydrogen-bond acceptors (Lipinski definition) is 4. The zero-order chi connectivity index (χ0) is 15.9. The molecule has 0 spiro atoms. The van der Waals surface area contributed by atoms with Crippen molar-refractivity contribution in [2.75, 3.05) is 12.0 Å². The van der Waals surface area contributed by atoms with Crippen LogP contribution in [0.5, 0.6) is 5.75 Å². The van der Waals surface area contributed by atoms with Crippen molar-refractivity contribution in [1.82, 2.24) is 0 Å². The van der Waals surface area contributed by atoms with Crippen molar-refractivity contribution in [1.29, 1.82) is 0 Å². The lowest BCUT2D eigenvalue weighted by Gasteiger charge is -2.08. The standard InChI is InChI=1S/C16H15BrN2O3/c1-2-22-15-8-7-12(17)9-11(15)10-18-19-14-6-4-3-5-13(14)16(20)21/h3-10,19H,2H2,1H3,(H,20,21)/b18-10+. The molecular weight excluding hydrogens is 348 g/mol. The van der Waals surface area contributed by atoms with Crippen LogP contribution in [0.3, 0.4) is 0 Å². The highest BCUT2D eigenvalue weighted by Gasteiger charge is 2.08. The normalized spacial score (nSPS) is 10.6. The Morgan fingerprint density at radius 1 is 1.36 bits per heavy atom. The number of hydrogen-bond donors (Lipinski definition) is 2. The lowest BCUT2D eigenvalue weighted by molar-refractivity contribution is 0.0698. The van der Waals surface area contributed by atoms with Gasteiger partial charge in [-0.15, -0.1) is 0 Å². The number of anilines is 1. The lowest BCUT2D eigenvalue weighted by atomic mass is 10.2. The van der Waals surface area contributed by atoms with Gasteiger partial charge in [-0.3, -0.25) is 5.43 Å². The van der Waals surface area contributed by atoms with Crippen molar-refractivity contribution in [2.24, 2.45) is 5.10 Å². The summed E-state index contributed by atoms with van der Waals surface area (Å²) in [7, 11) is 0. The van der Waals surface area contributed by atoms with Crippen LogP contribution in [0.1, 0.15) is 22.8 Å². The minimum atomic E-state index is -1.00. The first-order valence-corrected chi connectivity index (χ1v) is 7.45. The fourth-order valence-corrected chi connectivity index (χ4v) is 2.22. The predicted molar refractivity (Wildman–Crippen MR) is 89.9 cm³/mol. The molecule has 0 aromatic heterocycles. The van der Waals surface area contributed by atoms with E-state index in [-0.39, 0.29) is 5.56 Å². The minimum Gasteiger partial charge on any atom is -0.493 e. The summed E-state index contributed by atoms with van der Waals surface area (Å²) < 4.78 is 6.43. The summed E-state index contributed by atoms with van der Waals surface area (Å²) in [6.45, 7) is 2.46. The van der Waals surface area contributed by atoms with Gasteiger partial charge in [-0.2, -0.15) is 5.10 Å². The van der Waals surface area contributed by atoms with Gasteiger partial charge >= 0.3 is 5.97 Å². The largest absolute Gasteiger partial charge is 0.493 e. The molecule has 2 N–H and O–H groups in total. The first-order chi connectivity index (χ1) is 10.6. The van der Waals surface area contributed by atoms with Gasteiger partial charge in [0, 0.05) is 10.0 Å². The van der Waals surface area contributed by atoms with E-state index in [0.29, 0.717) is 18.0 Å². The number of ether oxygens (including phenoxy) is 1. The Morgan fingerprint density at radius 3 is 2.86 bits per heavy atom. The molecule has 0 heterocycles. The molecule has 0 atom stereocenters. The zero-order valence-corrected chi connectivity index (χ0v) is 13.5. The molecule has 2 aromatic carbocycles. The van der Waals surface area contributed by atoms with Crippen LogP contribution in [0.4, 0.5) is 5.69 Å². The number of para-hydroxylation sites is 1. The summed E-state index contributed by atoms with van der Waals surface area (Å²) in [6.07, 6.45) is 1.59. The van der Waals surface area contributed by atoms with E-state index < -0.39 is 5.97 Å². The molecule has 0 bridgehead atoms. The van der Waals surface area contributed by atoms with E-state index in [4.69, 9.17) is 9.84 Å². The van der Waals surface area contributed by atoms with Crippen LogP contribution in [0.25, 0.3) is 0 Å². The number of carboxylic acid groups (broad SMARTS) is 1. The van der Waals surface area contributed by atoms with Crippen LogP contribution in [0, 0.1) is 0 Å². The maximum Gasteiger partial charge on any atom is 0.337 e. The van der Waals surface area contributed by atoms with Gasteiger partial charge in [0.1, 0.15) is 5.75 Å². The van der Waals surface area contributed by atoms with Gasteiger partial charge in [-0.05, 0) is 37.3 Å². The second-order valence-electron chi connectivity index (χ2n) is 4.34. The number of nitrogens with zero attached hydrogens (tertiary/aromatic N) is 1. The summed E-state index contributed by atoms with van der Waals surface area (Å²) >= 11 is 3.40. The number of halogens is 1. The SMILES string of the molecule is CCOc1ccc(Br)cc1/C=N/Nc1ccccc1C(=O)O. The van der Waals surface area contributed by atoms with E-state index in [1.807, 2.05) is 25.1 Å². The molecule has 114 valence electrons. The van der Waals surface area contributed by atoms with E-state index >= 15 is 0 Å².